The van der Waals surface area contributed by atoms with E-state index in [2.05, 4.69) is 5.32 Å². The van der Waals surface area contributed by atoms with Crippen LogP contribution in [0.1, 0.15) is 25.7 Å². The van der Waals surface area contributed by atoms with Crippen LogP contribution < -0.4 is 5.32 Å². The van der Waals surface area contributed by atoms with Crippen LogP contribution in [0.25, 0.3) is 0 Å². The van der Waals surface area contributed by atoms with Crippen LogP contribution in [0.2, 0.25) is 0 Å². The van der Waals surface area contributed by atoms with Crippen molar-refractivity contribution < 1.29 is 27.4 Å². The lowest BCUT2D eigenvalue weighted by molar-refractivity contribution is -0.183. The molecule has 0 bridgehead atoms. The first-order valence-electron chi connectivity index (χ1n) is 8.22. The van der Waals surface area contributed by atoms with Crippen LogP contribution in [0, 0.1) is 11.8 Å². The lowest BCUT2D eigenvalue weighted by Gasteiger charge is -2.33. The second kappa shape index (κ2) is 8.73. The molecule has 2 rings (SSSR count). The average molecular weight is 338 g/mol. The smallest absolute Gasteiger partial charge is 0.381 e. The van der Waals surface area contributed by atoms with Gasteiger partial charge in [-0.3, -0.25) is 0 Å². The lowest BCUT2D eigenvalue weighted by atomic mass is 9.98. The highest BCUT2D eigenvalue weighted by Gasteiger charge is 2.42. The molecule has 0 saturated carbocycles. The van der Waals surface area contributed by atoms with Gasteiger partial charge < -0.3 is 19.7 Å². The van der Waals surface area contributed by atoms with Crippen LogP contribution in [-0.4, -0.2) is 63.2 Å². The minimum Gasteiger partial charge on any atom is -0.381 e. The average Bonchev–Trinajstić information content (AvgIpc) is 3.03. The Kier molecular flexibility index (Phi) is 6.95. The molecule has 134 valence electrons. The van der Waals surface area contributed by atoms with Gasteiger partial charge in [-0.05, 0) is 25.7 Å². The molecule has 0 aromatic heterocycles. The summed E-state index contributed by atoms with van der Waals surface area (Å²) in [5, 5.41) is 2.67. The van der Waals surface area contributed by atoms with Crippen molar-refractivity contribution in [3.8, 4) is 0 Å². The third-order valence-corrected chi connectivity index (χ3v) is 4.29. The summed E-state index contributed by atoms with van der Waals surface area (Å²) >= 11 is 0. The third-order valence-electron chi connectivity index (χ3n) is 4.29. The summed E-state index contributed by atoms with van der Waals surface area (Å²) in [5.41, 5.74) is 0. The number of carbonyl (C=O) groups excluding carboxylic acids is 1. The van der Waals surface area contributed by atoms with Crippen molar-refractivity contribution in [2.24, 2.45) is 11.8 Å². The number of ether oxygens (including phenoxy) is 2. The molecule has 0 aromatic rings. The van der Waals surface area contributed by atoms with Crippen molar-refractivity contribution >= 4 is 6.03 Å². The number of nitrogens with zero attached hydrogens (tertiary/aromatic N) is 1. The number of nitrogens with one attached hydrogen (secondary N) is 1. The van der Waals surface area contributed by atoms with Gasteiger partial charge in [0.15, 0.2) is 0 Å². The van der Waals surface area contributed by atoms with E-state index in [1.807, 2.05) is 0 Å². The predicted octanol–water partition coefficient (Wildman–Crippen LogP) is 2.41. The van der Waals surface area contributed by atoms with Crippen molar-refractivity contribution in [3.63, 3.8) is 0 Å². The summed E-state index contributed by atoms with van der Waals surface area (Å²) in [6.45, 7) is 3.28. The lowest BCUT2D eigenvalue weighted by Crippen LogP contribution is -2.48. The quantitative estimate of drug-likeness (QED) is 0.757. The standard InChI is InChI=1S/C15H25F3N2O3/c16-15(17,18)13-3-1-6-20(9-13)14(21)19-5-2-7-22-10-12-4-8-23-11-12/h12-13H,1-11H2,(H,19,21)/t12-,13-/m1/s1. The number of halogens is 3. The minimum atomic E-state index is -4.23. The fourth-order valence-corrected chi connectivity index (χ4v) is 2.87. The Morgan fingerprint density at radius 2 is 2.17 bits per heavy atom. The zero-order chi connectivity index (χ0) is 16.7. The van der Waals surface area contributed by atoms with E-state index in [-0.39, 0.29) is 13.0 Å². The van der Waals surface area contributed by atoms with Gasteiger partial charge in [-0.25, -0.2) is 4.79 Å². The van der Waals surface area contributed by atoms with Crippen LogP contribution in [0.3, 0.4) is 0 Å². The van der Waals surface area contributed by atoms with E-state index >= 15 is 0 Å². The molecule has 2 amide bonds. The summed E-state index contributed by atoms with van der Waals surface area (Å²) in [4.78, 5) is 13.2. The van der Waals surface area contributed by atoms with E-state index in [1.165, 1.54) is 4.90 Å². The number of carbonyl (C=O) groups is 1. The van der Waals surface area contributed by atoms with E-state index in [0.29, 0.717) is 45.1 Å². The molecular formula is C15H25F3N2O3. The molecule has 0 radical (unpaired) electrons. The zero-order valence-electron chi connectivity index (χ0n) is 13.2. The van der Waals surface area contributed by atoms with Crippen LogP contribution in [0.5, 0.6) is 0 Å². The maximum atomic E-state index is 12.7. The van der Waals surface area contributed by atoms with Crippen molar-refractivity contribution in [3.05, 3.63) is 0 Å². The number of urea groups is 1. The molecule has 2 saturated heterocycles. The van der Waals surface area contributed by atoms with Crippen molar-refractivity contribution in [1.82, 2.24) is 10.2 Å². The number of rotatable bonds is 6. The molecule has 5 nitrogen and oxygen atoms in total. The summed E-state index contributed by atoms with van der Waals surface area (Å²) in [6, 6.07) is -0.414. The molecule has 0 aliphatic carbocycles. The second-order valence-electron chi connectivity index (χ2n) is 6.22. The van der Waals surface area contributed by atoms with Crippen LogP contribution in [0.15, 0.2) is 0 Å². The molecule has 1 N–H and O–H groups in total. The first kappa shape index (κ1) is 18.3. The third kappa shape index (κ3) is 6.18. The van der Waals surface area contributed by atoms with Crippen LogP contribution in [-0.2, 0) is 9.47 Å². The van der Waals surface area contributed by atoms with Gasteiger partial charge in [0.1, 0.15) is 0 Å². The minimum absolute atomic E-state index is 0.103. The molecule has 0 aromatic carbocycles. The number of amides is 2. The van der Waals surface area contributed by atoms with Gasteiger partial charge >= 0.3 is 12.2 Å². The van der Waals surface area contributed by atoms with Crippen LogP contribution >= 0.6 is 0 Å². The summed E-state index contributed by atoms with van der Waals surface area (Å²) in [5.74, 6) is -0.948. The molecule has 2 aliphatic heterocycles. The maximum Gasteiger partial charge on any atom is 0.393 e. The Labute approximate surface area is 134 Å². The van der Waals surface area contributed by atoms with E-state index in [1.54, 1.807) is 0 Å². The Bertz CT molecular complexity index is 373. The largest absolute Gasteiger partial charge is 0.393 e. The first-order valence-corrected chi connectivity index (χ1v) is 8.22. The Morgan fingerprint density at radius 1 is 1.35 bits per heavy atom. The summed E-state index contributed by atoms with van der Waals surface area (Å²) in [7, 11) is 0. The van der Waals surface area contributed by atoms with Gasteiger partial charge in [-0.15, -0.1) is 0 Å². The molecular weight excluding hydrogens is 313 g/mol. The molecule has 2 aliphatic rings. The molecule has 0 unspecified atom stereocenters. The highest BCUT2D eigenvalue weighted by molar-refractivity contribution is 5.74. The number of piperidine rings is 1. The Hall–Kier alpha value is -1.02. The molecule has 2 heterocycles. The second-order valence-corrected chi connectivity index (χ2v) is 6.22. The van der Waals surface area contributed by atoms with Gasteiger partial charge in [0.25, 0.3) is 0 Å². The zero-order valence-corrected chi connectivity index (χ0v) is 13.2. The summed E-state index contributed by atoms with van der Waals surface area (Å²) < 4.78 is 48.9. The van der Waals surface area contributed by atoms with Crippen molar-refractivity contribution in [2.45, 2.75) is 31.9 Å². The highest BCUT2D eigenvalue weighted by atomic mass is 19.4. The van der Waals surface area contributed by atoms with Gasteiger partial charge in [0.2, 0.25) is 0 Å². The van der Waals surface area contributed by atoms with Gasteiger partial charge in [0.05, 0.1) is 19.1 Å². The first-order chi connectivity index (χ1) is 11.0. The van der Waals surface area contributed by atoms with Gasteiger partial charge in [-0.2, -0.15) is 13.2 Å². The number of hydrogen-bond donors (Lipinski definition) is 1. The van der Waals surface area contributed by atoms with Crippen molar-refractivity contribution in [2.75, 3.05) is 46.1 Å². The Morgan fingerprint density at radius 3 is 2.87 bits per heavy atom. The Balaban J connectivity index is 1.55. The normalized spacial score (nSPS) is 25.6. The fraction of sp³-hybridized carbons (Fsp3) is 0.933. The molecule has 2 atom stereocenters. The number of alkyl halides is 3. The SMILES string of the molecule is O=C(NCCCOC[C@H]1CCOC1)N1CCC[C@@H](C(F)(F)F)C1. The molecule has 0 spiro atoms. The predicted molar refractivity (Wildman–Crippen MR) is 78.1 cm³/mol. The van der Waals surface area contributed by atoms with Gasteiger partial charge in [0, 0.05) is 38.8 Å². The molecule has 8 heteroatoms. The van der Waals surface area contributed by atoms with E-state index < -0.39 is 18.1 Å². The maximum absolute atomic E-state index is 12.7. The highest BCUT2D eigenvalue weighted by Crippen LogP contribution is 2.33. The van der Waals surface area contributed by atoms with E-state index in [4.69, 9.17) is 9.47 Å². The summed E-state index contributed by atoms with van der Waals surface area (Å²) in [6.07, 6.45) is -2.06. The fourth-order valence-electron chi connectivity index (χ4n) is 2.87. The van der Waals surface area contributed by atoms with E-state index in [9.17, 15) is 18.0 Å². The van der Waals surface area contributed by atoms with Crippen LogP contribution in [0.4, 0.5) is 18.0 Å². The topological polar surface area (TPSA) is 50.8 Å². The molecule has 23 heavy (non-hydrogen) atoms. The number of hydrogen-bond acceptors (Lipinski definition) is 3. The number of likely N-dealkylation sites (tertiary alicyclic amines) is 1. The van der Waals surface area contributed by atoms with Crippen molar-refractivity contribution in [1.29, 1.82) is 0 Å². The monoisotopic (exact) mass is 338 g/mol. The molecule has 2 fully saturated rings. The van der Waals surface area contributed by atoms with E-state index in [0.717, 1.165) is 19.6 Å². The van der Waals surface area contributed by atoms with Gasteiger partial charge in [-0.1, -0.05) is 0 Å².